The fourth-order valence-corrected chi connectivity index (χ4v) is 2.75. The molecule has 132 valence electrons. The first-order valence-electron chi connectivity index (χ1n) is 8.80. The van der Waals surface area contributed by atoms with Crippen LogP contribution in [0.25, 0.3) is 0 Å². The van der Waals surface area contributed by atoms with Gasteiger partial charge >= 0.3 is 0 Å². The van der Waals surface area contributed by atoms with E-state index in [0.717, 1.165) is 32.0 Å². The van der Waals surface area contributed by atoms with Crippen LogP contribution < -0.4 is 10.6 Å². The quantitative estimate of drug-likeness (QED) is 0.496. The number of guanidine groups is 1. The Kier molecular flexibility index (Phi) is 6.23. The molecule has 0 unspecified atom stereocenters. The standard InChI is InChI=1S/C19H30N4O/c1-5-20-18(22-19(2,3)4)21-12-8-11-17(24)23-13-15-9-6-7-10-16(15)14-23/h6-7,9-10H,5,8,11-14H2,1-4H3,(H2,20,21,22). The van der Waals surface area contributed by atoms with E-state index in [9.17, 15) is 4.79 Å². The monoisotopic (exact) mass is 330 g/mol. The molecule has 0 aromatic heterocycles. The van der Waals surface area contributed by atoms with Gasteiger partial charge in [0.05, 0.1) is 0 Å². The average molecular weight is 330 g/mol. The molecule has 0 bridgehead atoms. The SMILES string of the molecule is CCNC(=NCCCC(=O)N1Cc2ccccc2C1)NC(C)(C)C. The molecule has 1 aromatic carbocycles. The van der Waals surface area contributed by atoms with Crippen molar-refractivity contribution in [3.05, 3.63) is 35.4 Å². The van der Waals surface area contributed by atoms with Gasteiger partial charge in [0, 0.05) is 38.1 Å². The Labute approximate surface area is 145 Å². The van der Waals surface area contributed by atoms with Crippen LogP contribution in [-0.2, 0) is 17.9 Å². The average Bonchev–Trinajstić information content (AvgIpc) is 2.94. The Morgan fingerprint density at radius 1 is 1.21 bits per heavy atom. The highest BCUT2D eigenvalue weighted by Gasteiger charge is 2.22. The molecule has 0 saturated heterocycles. The summed E-state index contributed by atoms with van der Waals surface area (Å²) in [6, 6.07) is 8.28. The third-order valence-corrected chi connectivity index (χ3v) is 3.85. The topological polar surface area (TPSA) is 56.7 Å². The van der Waals surface area contributed by atoms with Crippen LogP contribution in [0.3, 0.4) is 0 Å². The highest BCUT2D eigenvalue weighted by atomic mass is 16.2. The van der Waals surface area contributed by atoms with Crippen LogP contribution in [0.4, 0.5) is 0 Å². The molecule has 24 heavy (non-hydrogen) atoms. The van der Waals surface area contributed by atoms with E-state index in [-0.39, 0.29) is 11.4 Å². The van der Waals surface area contributed by atoms with Crippen molar-refractivity contribution in [3.63, 3.8) is 0 Å². The molecule has 5 nitrogen and oxygen atoms in total. The van der Waals surface area contributed by atoms with Gasteiger partial charge in [-0.1, -0.05) is 24.3 Å². The van der Waals surface area contributed by atoms with Gasteiger partial charge in [-0.25, -0.2) is 0 Å². The van der Waals surface area contributed by atoms with Crippen LogP contribution in [0.2, 0.25) is 0 Å². The van der Waals surface area contributed by atoms with Crippen LogP contribution >= 0.6 is 0 Å². The van der Waals surface area contributed by atoms with Crippen molar-refractivity contribution in [1.29, 1.82) is 0 Å². The van der Waals surface area contributed by atoms with Crippen molar-refractivity contribution in [1.82, 2.24) is 15.5 Å². The molecule has 0 fully saturated rings. The van der Waals surface area contributed by atoms with Crippen LogP contribution in [0.5, 0.6) is 0 Å². The van der Waals surface area contributed by atoms with Crippen molar-refractivity contribution < 1.29 is 4.79 Å². The van der Waals surface area contributed by atoms with Crippen molar-refractivity contribution in [2.24, 2.45) is 4.99 Å². The maximum absolute atomic E-state index is 12.4. The minimum atomic E-state index is -0.0296. The fraction of sp³-hybridized carbons (Fsp3) is 0.579. The van der Waals surface area contributed by atoms with Crippen LogP contribution in [0.15, 0.2) is 29.3 Å². The molecule has 0 radical (unpaired) electrons. The summed E-state index contributed by atoms with van der Waals surface area (Å²) in [5, 5.41) is 6.59. The van der Waals surface area contributed by atoms with E-state index in [2.05, 4.69) is 55.5 Å². The third kappa shape index (κ3) is 5.55. The zero-order chi connectivity index (χ0) is 17.6. The molecule has 1 aliphatic rings. The molecular formula is C19H30N4O. The van der Waals surface area contributed by atoms with Gasteiger partial charge in [-0.3, -0.25) is 9.79 Å². The lowest BCUT2D eigenvalue weighted by atomic mass is 10.1. The number of aliphatic imine (C=N–C) groups is 1. The molecule has 1 amide bonds. The van der Waals surface area contributed by atoms with E-state index in [0.29, 0.717) is 13.0 Å². The molecule has 1 heterocycles. The van der Waals surface area contributed by atoms with Gasteiger partial charge in [0.25, 0.3) is 0 Å². The highest BCUT2D eigenvalue weighted by molar-refractivity contribution is 5.80. The van der Waals surface area contributed by atoms with Crippen LogP contribution in [-0.4, -0.2) is 35.4 Å². The van der Waals surface area contributed by atoms with E-state index in [1.54, 1.807) is 0 Å². The summed E-state index contributed by atoms with van der Waals surface area (Å²) in [6.07, 6.45) is 1.32. The van der Waals surface area contributed by atoms with E-state index in [1.807, 2.05) is 17.0 Å². The second-order valence-corrected chi connectivity index (χ2v) is 7.26. The summed E-state index contributed by atoms with van der Waals surface area (Å²) < 4.78 is 0. The lowest BCUT2D eigenvalue weighted by Crippen LogP contribution is -2.47. The predicted molar refractivity (Wildman–Crippen MR) is 98.8 cm³/mol. The number of nitrogens with zero attached hydrogens (tertiary/aromatic N) is 2. The number of carbonyl (C=O) groups is 1. The third-order valence-electron chi connectivity index (χ3n) is 3.85. The summed E-state index contributed by atoms with van der Waals surface area (Å²) in [4.78, 5) is 18.9. The van der Waals surface area contributed by atoms with Gasteiger partial charge in [0.2, 0.25) is 5.91 Å². The minimum Gasteiger partial charge on any atom is -0.357 e. The normalized spacial score (nSPS) is 14.5. The molecule has 0 spiro atoms. The van der Waals surface area contributed by atoms with Crippen LogP contribution in [0.1, 0.15) is 51.7 Å². The fourth-order valence-electron chi connectivity index (χ4n) is 2.75. The highest BCUT2D eigenvalue weighted by Crippen LogP contribution is 2.22. The molecule has 0 saturated carbocycles. The second kappa shape index (κ2) is 8.18. The van der Waals surface area contributed by atoms with Gasteiger partial charge in [-0.05, 0) is 45.2 Å². The van der Waals surface area contributed by atoms with E-state index in [4.69, 9.17) is 0 Å². The van der Waals surface area contributed by atoms with Gasteiger partial charge in [-0.15, -0.1) is 0 Å². The molecule has 2 N–H and O–H groups in total. The first kappa shape index (κ1) is 18.3. The number of hydrogen-bond donors (Lipinski definition) is 2. The molecule has 2 rings (SSSR count). The van der Waals surface area contributed by atoms with E-state index >= 15 is 0 Å². The Balaban J connectivity index is 1.77. The number of benzene rings is 1. The molecular weight excluding hydrogens is 300 g/mol. The van der Waals surface area contributed by atoms with Gasteiger partial charge in [-0.2, -0.15) is 0 Å². The summed E-state index contributed by atoms with van der Waals surface area (Å²) >= 11 is 0. The Hall–Kier alpha value is -2.04. The number of hydrogen-bond acceptors (Lipinski definition) is 2. The van der Waals surface area contributed by atoms with Crippen molar-refractivity contribution >= 4 is 11.9 Å². The zero-order valence-electron chi connectivity index (χ0n) is 15.4. The lowest BCUT2D eigenvalue weighted by molar-refractivity contribution is -0.131. The Morgan fingerprint density at radius 3 is 2.38 bits per heavy atom. The number of rotatable bonds is 5. The number of nitrogens with one attached hydrogen (secondary N) is 2. The maximum atomic E-state index is 12.4. The maximum Gasteiger partial charge on any atom is 0.223 e. The van der Waals surface area contributed by atoms with Crippen LogP contribution in [0, 0.1) is 0 Å². The molecule has 1 aliphatic heterocycles. The van der Waals surface area contributed by atoms with Crippen molar-refractivity contribution in [2.75, 3.05) is 13.1 Å². The molecule has 5 heteroatoms. The summed E-state index contributed by atoms with van der Waals surface area (Å²) in [5.41, 5.74) is 2.51. The number of amides is 1. The largest absolute Gasteiger partial charge is 0.357 e. The Morgan fingerprint density at radius 2 is 1.83 bits per heavy atom. The number of fused-ring (bicyclic) bond motifs is 1. The van der Waals surface area contributed by atoms with Gasteiger partial charge < -0.3 is 15.5 Å². The Bertz CT molecular complexity index is 564. The van der Waals surface area contributed by atoms with E-state index < -0.39 is 0 Å². The minimum absolute atomic E-state index is 0.0296. The van der Waals surface area contributed by atoms with Crippen molar-refractivity contribution in [3.8, 4) is 0 Å². The second-order valence-electron chi connectivity index (χ2n) is 7.26. The summed E-state index contributed by atoms with van der Waals surface area (Å²) in [7, 11) is 0. The molecule has 0 atom stereocenters. The van der Waals surface area contributed by atoms with Gasteiger partial charge in [0.1, 0.15) is 0 Å². The predicted octanol–water partition coefficient (Wildman–Crippen LogP) is 2.66. The zero-order valence-corrected chi connectivity index (χ0v) is 15.4. The summed E-state index contributed by atoms with van der Waals surface area (Å²) in [6.45, 7) is 11.3. The molecule has 1 aromatic rings. The summed E-state index contributed by atoms with van der Waals surface area (Å²) in [5.74, 6) is 1.03. The van der Waals surface area contributed by atoms with Crippen molar-refractivity contribution in [2.45, 2.75) is 59.2 Å². The van der Waals surface area contributed by atoms with E-state index in [1.165, 1.54) is 11.1 Å². The first-order valence-corrected chi connectivity index (χ1v) is 8.80. The number of carbonyl (C=O) groups excluding carboxylic acids is 1. The first-order chi connectivity index (χ1) is 11.4. The molecule has 0 aliphatic carbocycles. The smallest absolute Gasteiger partial charge is 0.223 e. The lowest BCUT2D eigenvalue weighted by Gasteiger charge is -2.23. The van der Waals surface area contributed by atoms with Gasteiger partial charge in [0.15, 0.2) is 5.96 Å².